The van der Waals surface area contributed by atoms with E-state index in [2.05, 4.69) is 65.2 Å². The van der Waals surface area contributed by atoms with Gasteiger partial charge in [0.05, 0.1) is 0 Å². The standard InChI is InChI=1S/C23H41N.C10H15N.C2H6/c1-16-9-13-23(4)20-8-7-17-15-18(24(5)6)10-12-21(17,2)19(20)11-14-22(16,23)3;1-5-7-8-10(11-4)9(3)6-2;1-2/h16-20H,7-15H2,1-6H3;5-8,11H,2-3H2,1,4H3;1-2H3/b;7-5-,10-8+;. The molecule has 0 heterocycles. The first-order valence-corrected chi connectivity index (χ1v) is 15.5. The number of likely N-dealkylation sites (N-methyl/N-ethyl adjacent to an activating group) is 1. The Morgan fingerprint density at radius 3 is 2.14 bits per heavy atom. The van der Waals surface area contributed by atoms with Crippen molar-refractivity contribution in [3.8, 4) is 0 Å². The van der Waals surface area contributed by atoms with Gasteiger partial charge in [-0.1, -0.05) is 72.9 Å². The smallest absolute Gasteiger partial charge is 0.0404 e. The molecular formula is C35H62N2. The van der Waals surface area contributed by atoms with Crippen molar-refractivity contribution in [3.05, 3.63) is 48.7 Å². The van der Waals surface area contributed by atoms with Crippen molar-refractivity contribution in [3.63, 3.8) is 0 Å². The van der Waals surface area contributed by atoms with Crippen LogP contribution in [0.3, 0.4) is 0 Å². The molecule has 1 N–H and O–H groups in total. The monoisotopic (exact) mass is 510 g/mol. The summed E-state index contributed by atoms with van der Waals surface area (Å²) in [5, 5.41) is 3.03. The molecule has 0 aliphatic heterocycles. The van der Waals surface area contributed by atoms with Crippen molar-refractivity contribution in [2.24, 2.45) is 39.9 Å². The zero-order valence-corrected chi connectivity index (χ0v) is 26.4. The highest BCUT2D eigenvalue weighted by atomic mass is 15.1. The third-order valence-electron chi connectivity index (χ3n) is 12.0. The first kappa shape index (κ1) is 31.9. The van der Waals surface area contributed by atoms with Crippen LogP contribution < -0.4 is 5.32 Å². The minimum Gasteiger partial charge on any atom is -0.388 e. The van der Waals surface area contributed by atoms with E-state index in [9.17, 15) is 0 Å². The fraction of sp³-hybridized carbons (Fsp3) is 0.771. The van der Waals surface area contributed by atoms with E-state index in [1.807, 2.05) is 46.0 Å². The van der Waals surface area contributed by atoms with E-state index in [-0.39, 0.29) is 0 Å². The average molecular weight is 511 g/mol. The van der Waals surface area contributed by atoms with Crippen LogP contribution in [-0.4, -0.2) is 32.1 Å². The first-order valence-electron chi connectivity index (χ1n) is 15.5. The number of nitrogens with zero attached hydrogens (tertiary/aromatic N) is 1. The predicted octanol–water partition coefficient (Wildman–Crippen LogP) is 9.42. The van der Waals surface area contributed by atoms with E-state index in [1.54, 1.807) is 6.08 Å². The van der Waals surface area contributed by atoms with E-state index < -0.39 is 0 Å². The van der Waals surface area contributed by atoms with Crippen LogP contribution in [-0.2, 0) is 0 Å². The molecule has 2 heteroatoms. The molecule has 8 unspecified atom stereocenters. The van der Waals surface area contributed by atoms with E-state index in [1.165, 1.54) is 57.8 Å². The van der Waals surface area contributed by atoms with E-state index in [4.69, 9.17) is 0 Å². The number of hydrogen-bond donors (Lipinski definition) is 1. The van der Waals surface area contributed by atoms with Gasteiger partial charge in [-0.25, -0.2) is 0 Å². The quantitative estimate of drug-likeness (QED) is 0.370. The molecule has 4 aliphatic carbocycles. The van der Waals surface area contributed by atoms with E-state index in [0.717, 1.165) is 41.0 Å². The van der Waals surface area contributed by atoms with Crippen LogP contribution in [0.4, 0.5) is 0 Å². The molecule has 8 atom stereocenters. The van der Waals surface area contributed by atoms with Gasteiger partial charge in [0.15, 0.2) is 0 Å². The Balaban J connectivity index is 0.000000315. The highest BCUT2D eigenvalue weighted by Gasteiger charge is 2.64. The minimum atomic E-state index is 0.623. The fourth-order valence-electron chi connectivity index (χ4n) is 9.07. The van der Waals surface area contributed by atoms with Gasteiger partial charge < -0.3 is 10.2 Å². The van der Waals surface area contributed by atoms with Crippen molar-refractivity contribution in [1.82, 2.24) is 10.2 Å². The maximum atomic E-state index is 3.81. The molecule has 2 nitrogen and oxygen atoms in total. The molecule has 0 aromatic rings. The lowest BCUT2D eigenvalue weighted by Gasteiger charge is -2.65. The molecule has 4 fully saturated rings. The summed E-state index contributed by atoms with van der Waals surface area (Å²) in [6, 6.07) is 0.843. The van der Waals surface area contributed by atoms with Crippen molar-refractivity contribution >= 4 is 0 Å². The van der Waals surface area contributed by atoms with Crippen LogP contribution in [0.25, 0.3) is 0 Å². The lowest BCUT2D eigenvalue weighted by Crippen LogP contribution is -2.58. The highest BCUT2D eigenvalue weighted by Crippen LogP contribution is 2.72. The number of nitrogens with one attached hydrogen (secondary N) is 1. The van der Waals surface area contributed by atoms with Gasteiger partial charge in [-0.05, 0) is 130 Å². The maximum absolute atomic E-state index is 3.81. The first-order chi connectivity index (χ1) is 17.5. The molecule has 0 bridgehead atoms. The maximum Gasteiger partial charge on any atom is 0.0404 e. The van der Waals surface area contributed by atoms with Gasteiger partial charge in [-0.3, -0.25) is 0 Å². The third-order valence-corrected chi connectivity index (χ3v) is 12.0. The van der Waals surface area contributed by atoms with Crippen LogP contribution in [0.2, 0.25) is 0 Å². The molecule has 0 saturated heterocycles. The Morgan fingerprint density at radius 1 is 0.919 bits per heavy atom. The zero-order chi connectivity index (χ0) is 28.0. The Labute approximate surface area is 232 Å². The molecule has 0 radical (unpaired) electrons. The summed E-state index contributed by atoms with van der Waals surface area (Å²) in [4.78, 5) is 2.50. The summed E-state index contributed by atoms with van der Waals surface area (Å²) >= 11 is 0. The second kappa shape index (κ2) is 13.2. The number of hydrogen-bond acceptors (Lipinski definition) is 2. The number of rotatable bonds is 5. The Kier molecular flexibility index (Phi) is 11.4. The van der Waals surface area contributed by atoms with E-state index in [0.29, 0.717) is 16.2 Å². The molecule has 0 spiro atoms. The molecule has 4 aliphatic rings. The normalized spacial score (nSPS) is 40.8. The minimum absolute atomic E-state index is 0.623. The SMILES string of the molecule is C=CC(=C)/C(=C\C=C/C)NC.CC.CC1CCC2(C)C3CCC4CC(N(C)C)CCC4(C)C3CCC12C. The van der Waals surface area contributed by atoms with Crippen molar-refractivity contribution in [2.75, 3.05) is 21.1 Å². The molecule has 4 rings (SSSR count). The zero-order valence-electron chi connectivity index (χ0n) is 26.4. The average Bonchev–Trinajstić information content (AvgIpc) is 3.14. The van der Waals surface area contributed by atoms with Gasteiger partial charge in [-0.2, -0.15) is 0 Å². The van der Waals surface area contributed by atoms with Gasteiger partial charge in [-0.15, -0.1) is 0 Å². The molecule has 212 valence electrons. The van der Waals surface area contributed by atoms with Crippen LogP contribution in [0.1, 0.15) is 106 Å². The second-order valence-corrected chi connectivity index (χ2v) is 13.3. The van der Waals surface area contributed by atoms with Crippen LogP contribution in [0, 0.1) is 39.9 Å². The lowest BCUT2D eigenvalue weighted by molar-refractivity contribution is -0.156. The molecular weight excluding hydrogens is 448 g/mol. The summed E-state index contributed by atoms with van der Waals surface area (Å²) in [6.45, 7) is 24.1. The highest BCUT2D eigenvalue weighted by molar-refractivity contribution is 5.36. The Bertz CT molecular complexity index is 821. The molecule has 4 saturated carbocycles. The van der Waals surface area contributed by atoms with Crippen molar-refractivity contribution in [2.45, 2.75) is 112 Å². The summed E-state index contributed by atoms with van der Waals surface area (Å²) in [7, 11) is 6.46. The number of allylic oxidation sites excluding steroid dienone is 4. The Hall–Kier alpha value is -1.28. The lowest BCUT2D eigenvalue weighted by atomic mass is 9.40. The van der Waals surface area contributed by atoms with Gasteiger partial charge in [0.2, 0.25) is 0 Å². The van der Waals surface area contributed by atoms with Crippen molar-refractivity contribution in [1.29, 1.82) is 0 Å². The third kappa shape index (κ3) is 6.00. The van der Waals surface area contributed by atoms with Gasteiger partial charge in [0, 0.05) is 18.8 Å². The van der Waals surface area contributed by atoms with Crippen LogP contribution in [0.5, 0.6) is 0 Å². The summed E-state index contributed by atoms with van der Waals surface area (Å²) in [5.41, 5.74) is 3.80. The molecule has 0 amide bonds. The largest absolute Gasteiger partial charge is 0.388 e. The van der Waals surface area contributed by atoms with Crippen LogP contribution >= 0.6 is 0 Å². The summed E-state index contributed by atoms with van der Waals surface area (Å²) in [5.74, 6) is 3.96. The number of fused-ring (bicyclic) bond motifs is 5. The fourth-order valence-corrected chi connectivity index (χ4v) is 9.07. The molecule has 37 heavy (non-hydrogen) atoms. The molecule has 0 aromatic heterocycles. The summed E-state index contributed by atoms with van der Waals surface area (Å²) < 4.78 is 0. The van der Waals surface area contributed by atoms with E-state index >= 15 is 0 Å². The molecule has 0 aromatic carbocycles. The predicted molar refractivity (Wildman–Crippen MR) is 166 cm³/mol. The van der Waals surface area contributed by atoms with Crippen LogP contribution in [0.15, 0.2) is 48.7 Å². The topological polar surface area (TPSA) is 15.3 Å². The van der Waals surface area contributed by atoms with Gasteiger partial charge >= 0.3 is 0 Å². The van der Waals surface area contributed by atoms with Crippen molar-refractivity contribution < 1.29 is 0 Å². The second-order valence-electron chi connectivity index (χ2n) is 13.3. The summed E-state index contributed by atoms with van der Waals surface area (Å²) in [6.07, 6.45) is 21.1. The van der Waals surface area contributed by atoms with Gasteiger partial charge in [0.25, 0.3) is 0 Å². The Morgan fingerprint density at radius 2 is 1.57 bits per heavy atom. The van der Waals surface area contributed by atoms with Gasteiger partial charge in [0.1, 0.15) is 0 Å².